The van der Waals surface area contributed by atoms with E-state index in [1.165, 1.54) is 37.4 Å². The van der Waals surface area contributed by atoms with E-state index in [1.807, 2.05) is 0 Å². The summed E-state index contributed by atoms with van der Waals surface area (Å²) in [7, 11) is -2.63. The van der Waals surface area contributed by atoms with Gasteiger partial charge in [-0.25, -0.2) is 12.8 Å². The quantitative estimate of drug-likeness (QED) is 0.348. The molecule has 206 valence electrons. The van der Waals surface area contributed by atoms with Gasteiger partial charge < -0.3 is 15.2 Å². The van der Waals surface area contributed by atoms with Crippen LogP contribution < -0.4 is 10.1 Å². The molecule has 39 heavy (non-hydrogen) atoms. The van der Waals surface area contributed by atoms with Gasteiger partial charge in [-0.2, -0.15) is 4.31 Å². The third-order valence-electron chi connectivity index (χ3n) is 6.44. The molecule has 3 aromatic carbocycles. The highest BCUT2D eigenvalue weighted by Crippen LogP contribution is 2.32. The van der Waals surface area contributed by atoms with Crippen molar-refractivity contribution in [3.05, 3.63) is 82.1 Å². The fourth-order valence-electron chi connectivity index (χ4n) is 4.55. The van der Waals surface area contributed by atoms with Gasteiger partial charge in [0.05, 0.1) is 24.5 Å². The van der Waals surface area contributed by atoms with E-state index in [-0.39, 0.29) is 27.9 Å². The van der Waals surface area contributed by atoms with Gasteiger partial charge in [0.2, 0.25) is 15.9 Å². The molecule has 1 fully saturated rings. The number of amides is 1. The minimum Gasteiger partial charge on any atom is -0.497 e. The van der Waals surface area contributed by atoms with Crippen LogP contribution in [0, 0.1) is 5.82 Å². The molecule has 8 nitrogen and oxygen atoms in total. The summed E-state index contributed by atoms with van der Waals surface area (Å²) in [5, 5.41) is 12.5. The lowest BCUT2D eigenvalue weighted by molar-refractivity contribution is -0.137. The number of hydrogen-bond acceptors (Lipinski definition) is 5. The zero-order valence-electron chi connectivity index (χ0n) is 20.7. The molecule has 2 atom stereocenters. The zero-order chi connectivity index (χ0) is 28.3. The standard InChI is InChI=1S/C27H25Cl2FN2O6S/c1-38-20-8-9-23(30)22(14-20)16-4-6-17(7-5-16)24(15-26(33)34)31-27(35)25-3-2-10-32(25)39(36,37)21-12-18(28)11-19(29)13-21/h4-9,11-14,24-25H,2-3,10,15H2,1H3,(H,31,35)(H,33,34)/t24-,25+/m1/s1. The van der Waals surface area contributed by atoms with E-state index in [0.29, 0.717) is 28.9 Å². The van der Waals surface area contributed by atoms with Crippen molar-refractivity contribution in [2.75, 3.05) is 13.7 Å². The fourth-order valence-corrected chi connectivity index (χ4v) is 6.93. The molecular weight excluding hydrogens is 570 g/mol. The van der Waals surface area contributed by atoms with Crippen LogP contribution in [-0.4, -0.2) is 49.4 Å². The van der Waals surface area contributed by atoms with Gasteiger partial charge in [-0.15, -0.1) is 0 Å². The average Bonchev–Trinajstić information content (AvgIpc) is 3.39. The van der Waals surface area contributed by atoms with Gasteiger partial charge in [0.15, 0.2) is 0 Å². The fraction of sp³-hybridized carbons (Fsp3) is 0.259. The molecule has 0 unspecified atom stereocenters. The first-order valence-electron chi connectivity index (χ1n) is 11.9. The van der Waals surface area contributed by atoms with Gasteiger partial charge in [-0.1, -0.05) is 47.5 Å². The summed E-state index contributed by atoms with van der Waals surface area (Å²) in [6, 6.07) is 12.7. The number of nitrogens with zero attached hydrogens (tertiary/aromatic N) is 1. The first-order chi connectivity index (χ1) is 18.5. The monoisotopic (exact) mass is 594 g/mol. The van der Waals surface area contributed by atoms with E-state index < -0.39 is 46.2 Å². The SMILES string of the molecule is COc1ccc(F)c(-c2ccc([C@@H](CC(=O)O)NC(=O)[C@@H]3CCCN3S(=O)(=O)c3cc(Cl)cc(Cl)c3)cc2)c1. The summed E-state index contributed by atoms with van der Waals surface area (Å²) in [5.74, 6) is -1.77. The molecule has 0 radical (unpaired) electrons. The number of sulfonamides is 1. The Labute approximate surface area is 235 Å². The van der Waals surface area contributed by atoms with Crippen LogP contribution in [-0.2, 0) is 19.6 Å². The molecule has 0 aliphatic carbocycles. The predicted octanol–water partition coefficient (Wildman–Crippen LogP) is 5.29. The Hall–Kier alpha value is -3.18. The number of carbonyl (C=O) groups is 2. The second-order valence-corrected chi connectivity index (χ2v) is 11.8. The lowest BCUT2D eigenvalue weighted by Crippen LogP contribution is -2.47. The van der Waals surface area contributed by atoms with Crippen LogP contribution >= 0.6 is 23.2 Å². The second kappa shape index (κ2) is 11.9. The molecule has 0 spiro atoms. The summed E-state index contributed by atoms with van der Waals surface area (Å²) in [4.78, 5) is 24.8. The maximum Gasteiger partial charge on any atom is 0.305 e. The molecule has 1 amide bonds. The lowest BCUT2D eigenvalue weighted by atomic mass is 9.98. The van der Waals surface area contributed by atoms with Crippen molar-refractivity contribution in [1.82, 2.24) is 9.62 Å². The normalized spacial score (nSPS) is 16.6. The Balaban J connectivity index is 1.57. The lowest BCUT2D eigenvalue weighted by Gasteiger charge is -2.26. The van der Waals surface area contributed by atoms with Crippen LogP contribution in [0.4, 0.5) is 4.39 Å². The van der Waals surface area contributed by atoms with Crippen LogP contribution in [0.2, 0.25) is 10.0 Å². The summed E-state index contributed by atoms with van der Waals surface area (Å²) < 4.78 is 47.3. The molecule has 1 heterocycles. The van der Waals surface area contributed by atoms with Gasteiger partial charge in [0.25, 0.3) is 0 Å². The molecule has 0 aromatic heterocycles. The Kier molecular flexibility index (Phi) is 8.80. The van der Waals surface area contributed by atoms with E-state index in [4.69, 9.17) is 27.9 Å². The number of carbonyl (C=O) groups excluding carboxylic acids is 1. The third-order valence-corrected chi connectivity index (χ3v) is 8.76. The summed E-state index contributed by atoms with van der Waals surface area (Å²) in [6.07, 6.45) is 0.255. The van der Waals surface area contributed by atoms with E-state index in [9.17, 15) is 27.5 Å². The number of carboxylic acids is 1. The van der Waals surface area contributed by atoms with Gasteiger partial charge in [0, 0.05) is 22.2 Å². The highest BCUT2D eigenvalue weighted by Gasteiger charge is 2.40. The van der Waals surface area contributed by atoms with Gasteiger partial charge >= 0.3 is 5.97 Å². The van der Waals surface area contributed by atoms with Crippen molar-refractivity contribution in [3.63, 3.8) is 0 Å². The number of benzene rings is 3. The van der Waals surface area contributed by atoms with E-state index >= 15 is 0 Å². The second-order valence-electron chi connectivity index (χ2n) is 9.01. The molecule has 1 aliphatic rings. The van der Waals surface area contributed by atoms with Gasteiger partial charge in [-0.3, -0.25) is 9.59 Å². The maximum absolute atomic E-state index is 14.4. The van der Waals surface area contributed by atoms with Crippen molar-refractivity contribution in [3.8, 4) is 16.9 Å². The molecule has 2 N–H and O–H groups in total. The molecular formula is C27H25Cl2FN2O6S. The Bertz CT molecular complexity index is 1480. The van der Waals surface area contributed by atoms with Crippen LogP contribution in [0.15, 0.2) is 65.6 Å². The van der Waals surface area contributed by atoms with Crippen molar-refractivity contribution in [1.29, 1.82) is 0 Å². The number of halogens is 3. The van der Waals surface area contributed by atoms with E-state index in [1.54, 1.807) is 30.3 Å². The van der Waals surface area contributed by atoms with Crippen LogP contribution in [0.25, 0.3) is 11.1 Å². The maximum atomic E-state index is 14.4. The first kappa shape index (κ1) is 28.8. The summed E-state index contributed by atoms with van der Waals surface area (Å²) in [5.41, 5.74) is 1.29. The van der Waals surface area contributed by atoms with Crippen molar-refractivity contribution < 1.29 is 32.2 Å². The molecule has 12 heteroatoms. The van der Waals surface area contributed by atoms with Crippen molar-refractivity contribution in [2.45, 2.75) is 36.2 Å². The summed E-state index contributed by atoms with van der Waals surface area (Å²) in [6.45, 7) is 0.106. The number of rotatable bonds is 9. The van der Waals surface area contributed by atoms with Gasteiger partial charge in [-0.05, 0) is 60.4 Å². The Morgan fingerprint density at radius 3 is 2.38 bits per heavy atom. The third kappa shape index (κ3) is 6.52. The minimum atomic E-state index is -4.11. The molecule has 1 saturated heterocycles. The first-order valence-corrected chi connectivity index (χ1v) is 14.1. The highest BCUT2D eigenvalue weighted by atomic mass is 35.5. The highest BCUT2D eigenvalue weighted by molar-refractivity contribution is 7.89. The van der Waals surface area contributed by atoms with Crippen LogP contribution in [0.1, 0.15) is 30.9 Å². The Morgan fingerprint density at radius 1 is 1.10 bits per heavy atom. The zero-order valence-corrected chi connectivity index (χ0v) is 23.1. The van der Waals surface area contributed by atoms with Crippen LogP contribution in [0.3, 0.4) is 0 Å². The Morgan fingerprint density at radius 2 is 1.77 bits per heavy atom. The molecule has 0 bridgehead atoms. The van der Waals surface area contributed by atoms with Crippen molar-refractivity contribution in [2.24, 2.45) is 0 Å². The van der Waals surface area contributed by atoms with E-state index in [2.05, 4.69) is 5.32 Å². The number of carboxylic acid groups (broad SMARTS) is 1. The average molecular weight is 595 g/mol. The smallest absolute Gasteiger partial charge is 0.305 e. The molecule has 4 rings (SSSR count). The largest absolute Gasteiger partial charge is 0.497 e. The van der Waals surface area contributed by atoms with Crippen LogP contribution in [0.5, 0.6) is 5.75 Å². The topological polar surface area (TPSA) is 113 Å². The predicted molar refractivity (Wildman–Crippen MR) is 145 cm³/mol. The van der Waals surface area contributed by atoms with Crippen molar-refractivity contribution >= 4 is 45.1 Å². The number of ether oxygens (including phenoxy) is 1. The number of methoxy groups -OCH3 is 1. The number of hydrogen-bond donors (Lipinski definition) is 2. The molecule has 3 aromatic rings. The van der Waals surface area contributed by atoms with Gasteiger partial charge in [0.1, 0.15) is 17.6 Å². The minimum absolute atomic E-state index is 0.106. The number of nitrogens with one attached hydrogen (secondary N) is 1. The summed E-state index contributed by atoms with van der Waals surface area (Å²) >= 11 is 12.0. The van der Waals surface area contributed by atoms with E-state index in [0.717, 1.165) is 4.31 Å². The molecule has 0 saturated carbocycles. The number of aliphatic carboxylic acids is 1. The molecule has 1 aliphatic heterocycles.